The van der Waals surface area contributed by atoms with Crippen LogP contribution in [0.3, 0.4) is 0 Å². The van der Waals surface area contributed by atoms with Crippen LogP contribution in [0.15, 0.2) is 30.9 Å². The Morgan fingerprint density at radius 2 is 2.20 bits per heavy atom. The molecule has 108 valence electrons. The lowest BCUT2D eigenvalue weighted by Gasteiger charge is -2.35. The summed E-state index contributed by atoms with van der Waals surface area (Å²) in [4.78, 5) is 2.50. The van der Waals surface area contributed by atoms with Crippen LogP contribution in [0.2, 0.25) is 0 Å². The van der Waals surface area contributed by atoms with E-state index in [2.05, 4.69) is 23.6 Å². The second kappa shape index (κ2) is 5.49. The van der Waals surface area contributed by atoms with Crippen LogP contribution in [0.25, 0.3) is 0 Å². The van der Waals surface area contributed by atoms with Crippen molar-refractivity contribution in [3.8, 4) is 11.5 Å². The second-order valence-corrected chi connectivity index (χ2v) is 5.89. The Bertz CT molecular complexity index is 496. The number of rotatable bonds is 5. The highest BCUT2D eigenvalue weighted by Gasteiger charge is 2.43. The molecule has 3 heteroatoms. The summed E-state index contributed by atoms with van der Waals surface area (Å²) in [7, 11) is 1.71. The molecule has 2 aliphatic heterocycles. The Labute approximate surface area is 121 Å². The average molecular weight is 273 g/mol. The molecule has 3 rings (SSSR count). The van der Waals surface area contributed by atoms with Crippen LogP contribution in [-0.4, -0.2) is 37.2 Å². The number of allylic oxidation sites excluding steroid dienone is 1. The molecule has 2 bridgehead atoms. The lowest BCUT2D eigenvalue weighted by molar-refractivity contribution is 0.0427. The normalized spacial score (nSPS) is 28.1. The molecule has 0 radical (unpaired) electrons. The van der Waals surface area contributed by atoms with E-state index in [1.54, 1.807) is 7.11 Å². The van der Waals surface area contributed by atoms with Gasteiger partial charge in [0, 0.05) is 19.5 Å². The lowest BCUT2D eigenvalue weighted by Crippen LogP contribution is -2.43. The van der Waals surface area contributed by atoms with Crippen molar-refractivity contribution in [3.63, 3.8) is 0 Å². The van der Waals surface area contributed by atoms with Crippen molar-refractivity contribution >= 4 is 0 Å². The molecule has 0 N–H and O–H groups in total. The molecule has 2 heterocycles. The Morgan fingerprint density at radius 3 is 3.00 bits per heavy atom. The molecule has 1 aromatic carbocycles. The quantitative estimate of drug-likeness (QED) is 0.770. The molecule has 2 aliphatic rings. The van der Waals surface area contributed by atoms with Gasteiger partial charge in [-0.25, -0.2) is 0 Å². The van der Waals surface area contributed by atoms with Gasteiger partial charge < -0.3 is 9.47 Å². The van der Waals surface area contributed by atoms with Crippen molar-refractivity contribution in [2.45, 2.75) is 31.3 Å². The van der Waals surface area contributed by atoms with Gasteiger partial charge in [0.2, 0.25) is 0 Å². The second-order valence-electron chi connectivity index (χ2n) is 5.89. The molecule has 2 atom stereocenters. The predicted octanol–water partition coefficient (Wildman–Crippen LogP) is 3.04. The third-order valence-electron chi connectivity index (χ3n) is 4.44. The van der Waals surface area contributed by atoms with Crippen LogP contribution in [0.4, 0.5) is 0 Å². The van der Waals surface area contributed by atoms with E-state index in [-0.39, 0.29) is 5.60 Å². The minimum absolute atomic E-state index is 0.00544. The third-order valence-corrected chi connectivity index (χ3v) is 4.44. The first kappa shape index (κ1) is 13.5. The molecule has 0 saturated carbocycles. The molecular weight excluding hydrogens is 250 g/mol. The smallest absolute Gasteiger partial charge is 0.162 e. The zero-order chi connectivity index (χ0) is 14.0. The summed E-state index contributed by atoms with van der Waals surface area (Å²) < 4.78 is 11.9. The topological polar surface area (TPSA) is 21.7 Å². The van der Waals surface area contributed by atoms with Gasteiger partial charge in [0.05, 0.1) is 7.11 Å². The van der Waals surface area contributed by atoms with Crippen LogP contribution >= 0.6 is 0 Å². The summed E-state index contributed by atoms with van der Waals surface area (Å²) in [6.45, 7) is 7.23. The van der Waals surface area contributed by atoms with Crippen molar-refractivity contribution in [2.75, 3.05) is 26.7 Å². The maximum Gasteiger partial charge on any atom is 0.162 e. The van der Waals surface area contributed by atoms with E-state index in [9.17, 15) is 0 Å². The SMILES string of the molecule is C=CCc1ccc(O[C@]23CCCN(CC2)C3)c(OC)c1. The first-order chi connectivity index (χ1) is 9.74. The van der Waals surface area contributed by atoms with Gasteiger partial charge in [-0.2, -0.15) is 0 Å². The molecule has 2 saturated heterocycles. The fraction of sp³-hybridized carbons (Fsp3) is 0.529. The largest absolute Gasteiger partial charge is 0.493 e. The monoisotopic (exact) mass is 273 g/mol. The summed E-state index contributed by atoms with van der Waals surface area (Å²) >= 11 is 0. The van der Waals surface area contributed by atoms with E-state index in [1.807, 2.05) is 12.1 Å². The number of hydrogen-bond donors (Lipinski definition) is 0. The molecule has 0 amide bonds. The van der Waals surface area contributed by atoms with Gasteiger partial charge in [0.1, 0.15) is 5.60 Å². The number of ether oxygens (including phenoxy) is 2. The zero-order valence-corrected chi connectivity index (χ0v) is 12.2. The fourth-order valence-corrected chi connectivity index (χ4v) is 3.40. The van der Waals surface area contributed by atoms with Crippen molar-refractivity contribution in [2.24, 2.45) is 0 Å². The lowest BCUT2D eigenvalue weighted by atomic mass is 9.94. The number of fused-ring (bicyclic) bond motifs is 2. The van der Waals surface area contributed by atoms with Crippen molar-refractivity contribution in [1.82, 2.24) is 4.90 Å². The minimum Gasteiger partial charge on any atom is -0.493 e. The average Bonchev–Trinajstić information content (AvgIpc) is 2.75. The van der Waals surface area contributed by atoms with Crippen LogP contribution in [-0.2, 0) is 6.42 Å². The molecule has 0 spiro atoms. The first-order valence-electron chi connectivity index (χ1n) is 7.44. The van der Waals surface area contributed by atoms with Crippen molar-refractivity contribution in [3.05, 3.63) is 36.4 Å². The summed E-state index contributed by atoms with van der Waals surface area (Å²) in [5, 5.41) is 0. The molecule has 1 aromatic rings. The van der Waals surface area contributed by atoms with Gasteiger partial charge in [-0.15, -0.1) is 6.58 Å². The Kier molecular flexibility index (Phi) is 3.70. The van der Waals surface area contributed by atoms with E-state index in [0.29, 0.717) is 0 Å². The van der Waals surface area contributed by atoms with Gasteiger partial charge in [-0.05, 0) is 43.5 Å². The van der Waals surface area contributed by atoms with Gasteiger partial charge in [0.15, 0.2) is 11.5 Å². The van der Waals surface area contributed by atoms with Crippen LogP contribution < -0.4 is 9.47 Å². The third kappa shape index (κ3) is 2.55. The molecular formula is C17H23NO2. The highest BCUT2D eigenvalue weighted by Crippen LogP contribution is 2.39. The van der Waals surface area contributed by atoms with Crippen molar-refractivity contribution in [1.29, 1.82) is 0 Å². The van der Waals surface area contributed by atoms with Crippen LogP contribution in [0, 0.1) is 0 Å². The number of methoxy groups -OCH3 is 1. The zero-order valence-electron chi connectivity index (χ0n) is 12.2. The summed E-state index contributed by atoms with van der Waals surface area (Å²) in [5.74, 6) is 1.71. The Morgan fingerprint density at radius 1 is 1.30 bits per heavy atom. The fourth-order valence-electron chi connectivity index (χ4n) is 3.40. The molecule has 1 unspecified atom stereocenters. The standard InChI is InChI=1S/C17H23NO2/c1-3-5-14-6-7-15(16(12-14)19-2)20-17-8-4-10-18(13-17)11-9-17/h3,6-7,12H,1,4-5,8-11,13H2,2H3/t17-/m1/s1. The van der Waals surface area contributed by atoms with E-state index in [0.717, 1.165) is 43.9 Å². The van der Waals surface area contributed by atoms with Gasteiger partial charge in [-0.1, -0.05) is 12.1 Å². The van der Waals surface area contributed by atoms with Crippen LogP contribution in [0.1, 0.15) is 24.8 Å². The number of hydrogen-bond acceptors (Lipinski definition) is 3. The predicted molar refractivity (Wildman–Crippen MR) is 80.5 cm³/mol. The van der Waals surface area contributed by atoms with Gasteiger partial charge in [0.25, 0.3) is 0 Å². The highest BCUT2D eigenvalue weighted by atomic mass is 16.5. The molecule has 3 nitrogen and oxygen atoms in total. The molecule has 2 fully saturated rings. The van der Waals surface area contributed by atoms with E-state index in [1.165, 1.54) is 18.5 Å². The first-order valence-corrected chi connectivity index (χ1v) is 7.44. The summed E-state index contributed by atoms with van der Waals surface area (Å²) in [5.41, 5.74) is 1.21. The van der Waals surface area contributed by atoms with Crippen molar-refractivity contribution < 1.29 is 9.47 Å². The van der Waals surface area contributed by atoms with Crippen LogP contribution in [0.5, 0.6) is 11.5 Å². The Balaban J connectivity index is 1.81. The minimum atomic E-state index is 0.00544. The molecule has 0 aromatic heterocycles. The Hall–Kier alpha value is -1.48. The maximum absolute atomic E-state index is 6.40. The van der Waals surface area contributed by atoms with E-state index < -0.39 is 0 Å². The summed E-state index contributed by atoms with van der Waals surface area (Å²) in [6, 6.07) is 6.21. The summed E-state index contributed by atoms with van der Waals surface area (Å²) in [6.07, 6.45) is 6.28. The highest BCUT2D eigenvalue weighted by molar-refractivity contribution is 5.44. The molecule has 0 aliphatic carbocycles. The number of benzene rings is 1. The van der Waals surface area contributed by atoms with Gasteiger partial charge >= 0.3 is 0 Å². The number of piperidine rings is 1. The van der Waals surface area contributed by atoms with E-state index >= 15 is 0 Å². The number of nitrogens with zero attached hydrogens (tertiary/aromatic N) is 1. The van der Waals surface area contributed by atoms with Gasteiger partial charge in [-0.3, -0.25) is 4.90 Å². The molecule has 20 heavy (non-hydrogen) atoms. The van der Waals surface area contributed by atoms with E-state index in [4.69, 9.17) is 9.47 Å². The maximum atomic E-state index is 6.40.